The van der Waals surface area contributed by atoms with E-state index in [2.05, 4.69) is 70.0 Å². The number of aryl methyl sites for hydroxylation is 4. The monoisotopic (exact) mass is 496 g/mol. The zero-order valence-electron chi connectivity index (χ0n) is 16.3. The van der Waals surface area contributed by atoms with Crippen LogP contribution in [0.15, 0.2) is 33.2 Å². The molecule has 2 rings (SSSR count). The SMILES string of the molecule is Cc1cc(CCCCOCCCCc2cc(C)c(N)c(Br)c2)cc(Br)c1N. The van der Waals surface area contributed by atoms with E-state index in [0.29, 0.717) is 0 Å². The normalized spacial score (nSPS) is 11.1. The van der Waals surface area contributed by atoms with Crippen LogP contribution >= 0.6 is 31.9 Å². The molecule has 0 amide bonds. The Kier molecular flexibility index (Phi) is 9.13. The summed E-state index contributed by atoms with van der Waals surface area (Å²) in [5.74, 6) is 0. The van der Waals surface area contributed by atoms with Crippen molar-refractivity contribution in [2.45, 2.75) is 52.4 Å². The quantitative estimate of drug-likeness (QED) is 0.296. The van der Waals surface area contributed by atoms with Crippen LogP contribution in [0.2, 0.25) is 0 Å². The van der Waals surface area contributed by atoms with Crippen LogP contribution in [0, 0.1) is 13.8 Å². The fraction of sp³-hybridized carbons (Fsp3) is 0.455. The molecule has 5 heteroatoms. The molecule has 148 valence electrons. The van der Waals surface area contributed by atoms with E-state index >= 15 is 0 Å². The van der Waals surface area contributed by atoms with E-state index in [9.17, 15) is 0 Å². The first-order valence-electron chi connectivity index (χ1n) is 9.55. The first-order valence-corrected chi connectivity index (χ1v) is 11.1. The Morgan fingerprint density at radius 3 is 1.48 bits per heavy atom. The summed E-state index contributed by atoms with van der Waals surface area (Å²) >= 11 is 7.05. The van der Waals surface area contributed by atoms with Crippen molar-refractivity contribution in [1.82, 2.24) is 0 Å². The van der Waals surface area contributed by atoms with Crippen LogP contribution in [0.1, 0.15) is 47.9 Å². The fourth-order valence-corrected chi connectivity index (χ4v) is 4.32. The first-order chi connectivity index (χ1) is 12.9. The average molecular weight is 498 g/mol. The largest absolute Gasteiger partial charge is 0.398 e. The summed E-state index contributed by atoms with van der Waals surface area (Å²) in [7, 11) is 0. The highest BCUT2D eigenvalue weighted by molar-refractivity contribution is 9.11. The second kappa shape index (κ2) is 11.1. The molecule has 0 heterocycles. The van der Waals surface area contributed by atoms with Crippen molar-refractivity contribution >= 4 is 43.2 Å². The Morgan fingerprint density at radius 1 is 0.704 bits per heavy atom. The van der Waals surface area contributed by atoms with Gasteiger partial charge in [-0.3, -0.25) is 0 Å². The lowest BCUT2D eigenvalue weighted by molar-refractivity contribution is 0.127. The molecule has 0 bridgehead atoms. The summed E-state index contributed by atoms with van der Waals surface area (Å²) in [5, 5.41) is 0. The van der Waals surface area contributed by atoms with Crippen LogP contribution in [0.3, 0.4) is 0 Å². The van der Waals surface area contributed by atoms with Gasteiger partial charge < -0.3 is 16.2 Å². The van der Waals surface area contributed by atoms with Crippen LogP contribution in [-0.2, 0) is 17.6 Å². The maximum Gasteiger partial charge on any atom is 0.0488 e. The lowest BCUT2D eigenvalue weighted by Gasteiger charge is -2.09. The number of nitrogen functional groups attached to an aromatic ring is 2. The number of nitrogens with two attached hydrogens (primary N) is 2. The van der Waals surface area contributed by atoms with Gasteiger partial charge in [-0.2, -0.15) is 0 Å². The number of halogens is 2. The molecule has 3 nitrogen and oxygen atoms in total. The van der Waals surface area contributed by atoms with Gasteiger partial charge in [0.1, 0.15) is 0 Å². The molecule has 0 unspecified atom stereocenters. The van der Waals surface area contributed by atoms with Crippen molar-refractivity contribution in [3.8, 4) is 0 Å². The van der Waals surface area contributed by atoms with E-state index in [4.69, 9.17) is 16.2 Å². The van der Waals surface area contributed by atoms with Gasteiger partial charge in [0.05, 0.1) is 0 Å². The van der Waals surface area contributed by atoms with Crippen molar-refractivity contribution < 1.29 is 4.74 Å². The molecular weight excluding hydrogens is 468 g/mol. The van der Waals surface area contributed by atoms with E-state index in [1.807, 2.05) is 0 Å². The molecule has 0 fully saturated rings. The third-order valence-corrected chi connectivity index (χ3v) is 6.11. The summed E-state index contributed by atoms with van der Waals surface area (Å²) in [6, 6.07) is 8.61. The van der Waals surface area contributed by atoms with Gasteiger partial charge in [-0.05, 0) is 119 Å². The van der Waals surface area contributed by atoms with Crippen LogP contribution in [-0.4, -0.2) is 13.2 Å². The molecule has 0 radical (unpaired) electrons. The standard InChI is InChI=1S/C22H30Br2N2O/c1-15-11-17(13-19(23)21(15)25)7-3-5-9-27-10-6-4-8-18-12-16(2)22(26)20(24)14-18/h11-14H,3-10,25-26H2,1-2H3. The molecule has 2 aromatic carbocycles. The second-order valence-electron chi connectivity index (χ2n) is 7.14. The molecule has 0 aliphatic carbocycles. The van der Waals surface area contributed by atoms with Crippen molar-refractivity contribution in [3.63, 3.8) is 0 Å². The number of anilines is 2. The lowest BCUT2D eigenvalue weighted by atomic mass is 10.0. The van der Waals surface area contributed by atoms with Gasteiger partial charge in [-0.25, -0.2) is 0 Å². The van der Waals surface area contributed by atoms with Crippen molar-refractivity contribution in [3.05, 3.63) is 55.5 Å². The van der Waals surface area contributed by atoms with Gasteiger partial charge in [-0.1, -0.05) is 12.1 Å². The Labute approximate surface area is 180 Å². The molecule has 4 N–H and O–H groups in total. The Bertz CT molecular complexity index is 652. The highest BCUT2D eigenvalue weighted by atomic mass is 79.9. The Morgan fingerprint density at radius 2 is 1.11 bits per heavy atom. The van der Waals surface area contributed by atoms with Gasteiger partial charge >= 0.3 is 0 Å². The minimum absolute atomic E-state index is 0.835. The highest BCUT2D eigenvalue weighted by Crippen LogP contribution is 2.26. The predicted molar refractivity (Wildman–Crippen MR) is 123 cm³/mol. The van der Waals surface area contributed by atoms with E-state index in [1.54, 1.807) is 0 Å². The fourth-order valence-electron chi connectivity index (χ4n) is 3.11. The Balaban J connectivity index is 1.55. The summed E-state index contributed by atoms with van der Waals surface area (Å²) < 4.78 is 7.78. The zero-order chi connectivity index (χ0) is 19.8. The number of hydrogen-bond acceptors (Lipinski definition) is 3. The van der Waals surface area contributed by atoms with Crippen molar-refractivity contribution in [2.24, 2.45) is 0 Å². The molecule has 0 aliphatic heterocycles. The molecule has 0 aromatic heterocycles. The molecule has 0 atom stereocenters. The number of rotatable bonds is 10. The Hall–Kier alpha value is -1.04. The third-order valence-electron chi connectivity index (χ3n) is 4.80. The van der Waals surface area contributed by atoms with Crippen LogP contribution in [0.5, 0.6) is 0 Å². The minimum atomic E-state index is 0.835. The second-order valence-corrected chi connectivity index (χ2v) is 8.85. The van der Waals surface area contributed by atoms with Gasteiger partial charge in [-0.15, -0.1) is 0 Å². The summed E-state index contributed by atoms with van der Waals surface area (Å²) in [5.41, 5.74) is 18.6. The van der Waals surface area contributed by atoms with Crippen LogP contribution in [0.4, 0.5) is 11.4 Å². The zero-order valence-corrected chi connectivity index (χ0v) is 19.5. The lowest BCUT2D eigenvalue weighted by Crippen LogP contribution is -2.00. The van der Waals surface area contributed by atoms with E-state index in [1.165, 1.54) is 11.1 Å². The number of unbranched alkanes of at least 4 members (excludes halogenated alkanes) is 2. The smallest absolute Gasteiger partial charge is 0.0488 e. The third kappa shape index (κ3) is 7.13. The molecule has 27 heavy (non-hydrogen) atoms. The van der Waals surface area contributed by atoms with Gasteiger partial charge in [0.2, 0.25) is 0 Å². The minimum Gasteiger partial charge on any atom is -0.398 e. The van der Waals surface area contributed by atoms with Crippen LogP contribution in [0.25, 0.3) is 0 Å². The molecule has 0 saturated heterocycles. The summed E-state index contributed by atoms with van der Waals surface area (Å²) in [4.78, 5) is 0. The van der Waals surface area contributed by atoms with Crippen molar-refractivity contribution in [1.29, 1.82) is 0 Å². The summed E-state index contributed by atoms with van der Waals surface area (Å²) in [6.45, 7) is 5.78. The van der Waals surface area contributed by atoms with Gasteiger partial charge in [0.25, 0.3) is 0 Å². The predicted octanol–water partition coefficient (Wildman–Crippen LogP) is 6.36. The molecular formula is C22H30Br2N2O. The number of ether oxygens (including phenoxy) is 1. The van der Waals surface area contributed by atoms with E-state index in [-0.39, 0.29) is 0 Å². The van der Waals surface area contributed by atoms with Crippen LogP contribution < -0.4 is 11.5 Å². The molecule has 0 saturated carbocycles. The maximum atomic E-state index is 5.97. The number of benzene rings is 2. The molecule has 2 aromatic rings. The van der Waals surface area contributed by atoms with Gasteiger partial charge in [0, 0.05) is 33.5 Å². The average Bonchev–Trinajstić information content (AvgIpc) is 2.62. The first kappa shape index (κ1) is 22.3. The van der Waals surface area contributed by atoms with E-state index < -0.39 is 0 Å². The summed E-state index contributed by atoms with van der Waals surface area (Å²) in [6.07, 6.45) is 6.57. The molecule has 0 aliphatic rings. The highest BCUT2D eigenvalue weighted by Gasteiger charge is 2.04. The maximum absolute atomic E-state index is 5.97. The van der Waals surface area contributed by atoms with Crippen molar-refractivity contribution in [2.75, 3.05) is 24.7 Å². The van der Waals surface area contributed by atoms with Gasteiger partial charge in [0.15, 0.2) is 0 Å². The van der Waals surface area contributed by atoms with E-state index in [0.717, 1.165) is 83.2 Å². The topological polar surface area (TPSA) is 61.3 Å². The molecule has 0 spiro atoms. The number of hydrogen-bond donors (Lipinski definition) is 2.